The van der Waals surface area contributed by atoms with Crippen LogP contribution >= 0.6 is 11.8 Å². The summed E-state index contributed by atoms with van der Waals surface area (Å²) in [6.45, 7) is 4.51. The zero-order valence-corrected chi connectivity index (χ0v) is 15.3. The molecule has 1 N–H and O–H groups in total. The van der Waals surface area contributed by atoms with Gasteiger partial charge in [-0.1, -0.05) is 6.07 Å². The zero-order valence-electron chi connectivity index (χ0n) is 14.5. The van der Waals surface area contributed by atoms with Crippen LogP contribution in [0.3, 0.4) is 0 Å². The maximum absolute atomic E-state index is 12.3. The van der Waals surface area contributed by atoms with Crippen molar-refractivity contribution in [2.24, 2.45) is 0 Å². The minimum absolute atomic E-state index is 0.0621. The van der Waals surface area contributed by atoms with Crippen LogP contribution in [0.1, 0.15) is 25.1 Å². The Morgan fingerprint density at radius 1 is 1.44 bits per heavy atom. The highest BCUT2D eigenvalue weighted by Gasteiger charge is 2.22. The van der Waals surface area contributed by atoms with Gasteiger partial charge in [0.25, 0.3) is 0 Å². The lowest BCUT2D eigenvalue weighted by atomic mass is 10.1. The Labute approximate surface area is 152 Å². The Morgan fingerprint density at radius 3 is 3.08 bits per heavy atom. The van der Waals surface area contributed by atoms with E-state index in [1.165, 1.54) is 11.8 Å². The highest BCUT2D eigenvalue weighted by Crippen LogP contribution is 2.38. The number of amides is 1. The molecule has 0 saturated carbocycles. The number of benzene rings is 1. The topological polar surface area (TPSA) is 60.5 Å². The van der Waals surface area contributed by atoms with E-state index in [2.05, 4.69) is 10.3 Å². The van der Waals surface area contributed by atoms with Crippen molar-refractivity contribution in [3.05, 3.63) is 47.8 Å². The first-order chi connectivity index (χ1) is 12.2. The van der Waals surface area contributed by atoms with Gasteiger partial charge in [-0.05, 0) is 32.0 Å². The maximum Gasteiger partial charge on any atom is 0.234 e. The summed E-state index contributed by atoms with van der Waals surface area (Å²) >= 11 is 1.53. The van der Waals surface area contributed by atoms with Crippen LogP contribution in [-0.2, 0) is 17.0 Å². The summed E-state index contributed by atoms with van der Waals surface area (Å²) in [6, 6.07) is 9.62. The Balaban J connectivity index is 1.61. The molecule has 0 saturated heterocycles. The number of hydrogen-bond donors (Lipinski definition) is 1. The predicted molar refractivity (Wildman–Crippen MR) is 100 cm³/mol. The number of nitrogens with one attached hydrogen (secondary N) is 1. The Kier molecular flexibility index (Phi) is 5.81. The number of hydrogen-bond acceptors (Lipinski definition) is 5. The molecule has 5 nitrogen and oxygen atoms in total. The Bertz CT molecular complexity index is 737. The molecule has 0 fully saturated rings. The lowest BCUT2D eigenvalue weighted by Gasteiger charge is -2.13. The maximum atomic E-state index is 12.3. The number of rotatable bonds is 7. The van der Waals surface area contributed by atoms with Crippen molar-refractivity contribution in [1.29, 1.82) is 0 Å². The van der Waals surface area contributed by atoms with Gasteiger partial charge in [0, 0.05) is 30.0 Å². The van der Waals surface area contributed by atoms with E-state index in [0.717, 1.165) is 23.4 Å². The van der Waals surface area contributed by atoms with Crippen molar-refractivity contribution in [3.8, 4) is 11.5 Å². The lowest BCUT2D eigenvalue weighted by Crippen LogP contribution is -2.15. The van der Waals surface area contributed by atoms with Crippen LogP contribution in [0.25, 0.3) is 0 Å². The second-order valence-corrected chi connectivity index (χ2v) is 6.87. The van der Waals surface area contributed by atoms with Gasteiger partial charge in [-0.3, -0.25) is 9.78 Å². The van der Waals surface area contributed by atoms with Gasteiger partial charge in [-0.25, -0.2) is 0 Å². The molecule has 25 heavy (non-hydrogen) atoms. The van der Waals surface area contributed by atoms with Crippen molar-refractivity contribution in [2.75, 3.05) is 17.7 Å². The highest BCUT2D eigenvalue weighted by molar-refractivity contribution is 7.99. The van der Waals surface area contributed by atoms with Crippen molar-refractivity contribution >= 4 is 23.4 Å². The molecule has 1 aliphatic heterocycles. The molecule has 3 rings (SSSR count). The number of thioether (sulfide) groups is 1. The second-order valence-electron chi connectivity index (χ2n) is 5.88. The van der Waals surface area contributed by atoms with E-state index in [9.17, 15) is 4.79 Å². The number of anilines is 1. The van der Waals surface area contributed by atoms with E-state index in [1.807, 2.05) is 44.2 Å². The molecule has 1 atom stereocenters. The summed E-state index contributed by atoms with van der Waals surface area (Å²) in [5.41, 5.74) is 2.76. The highest BCUT2D eigenvalue weighted by atomic mass is 32.2. The first-order valence-corrected chi connectivity index (χ1v) is 9.55. The number of fused-ring (bicyclic) bond motifs is 1. The van der Waals surface area contributed by atoms with Gasteiger partial charge in [0.05, 0.1) is 23.7 Å². The van der Waals surface area contributed by atoms with Gasteiger partial charge < -0.3 is 14.8 Å². The minimum atomic E-state index is -0.0621. The summed E-state index contributed by atoms with van der Waals surface area (Å²) in [6.07, 6.45) is 2.78. The molecule has 0 spiro atoms. The van der Waals surface area contributed by atoms with Gasteiger partial charge in [-0.2, -0.15) is 0 Å². The average molecular weight is 358 g/mol. The Morgan fingerprint density at radius 2 is 2.32 bits per heavy atom. The SMILES string of the molecule is CCOc1cc2c(cc1NC(=O)CSCc1ccccn1)OC(C)C2. The normalized spacial score (nSPS) is 15.4. The molecule has 2 aromatic rings. The van der Waals surface area contributed by atoms with E-state index in [0.29, 0.717) is 29.5 Å². The Hall–Kier alpha value is -2.21. The summed E-state index contributed by atoms with van der Waals surface area (Å²) in [5, 5.41) is 2.94. The smallest absolute Gasteiger partial charge is 0.234 e. The van der Waals surface area contributed by atoms with Crippen LogP contribution in [0.2, 0.25) is 0 Å². The van der Waals surface area contributed by atoms with Crippen molar-refractivity contribution in [2.45, 2.75) is 32.1 Å². The monoisotopic (exact) mass is 358 g/mol. The fraction of sp³-hybridized carbons (Fsp3) is 0.368. The lowest BCUT2D eigenvalue weighted by molar-refractivity contribution is -0.113. The fourth-order valence-corrected chi connectivity index (χ4v) is 3.47. The third-order valence-corrected chi connectivity index (χ3v) is 4.75. The van der Waals surface area contributed by atoms with E-state index >= 15 is 0 Å². The van der Waals surface area contributed by atoms with E-state index < -0.39 is 0 Å². The van der Waals surface area contributed by atoms with Crippen molar-refractivity contribution in [1.82, 2.24) is 4.98 Å². The zero-order chi connectivity index (χ0) is 17.6. The van der Waals surface area contributed by atoms with Gasteiger partial charge >= 0.3 is 0 Å². The molecule has 6 heteroatoms. The van der Waals surface area contributed by atoms with Gasteiger partial charge in [0.1, 0.15) is 17.6 Å². The molecule has 0 radical (unpaired) electrons. The van der Waals surface area contributed by atoms with Crippen LogP contribution in [0.4, 0.5) is 5.69 Å². The third kappa shape index (κ3) is 4.66. The van der Waals surface area contributed by atoms with Crippen molar-refractivity contribution in [3.63, 3.8) is 0 Å². The summed E-state index contributed by atoms with van der Waals surface area (Å²) in [7, 11) is 0. The quantitative estimate of drug-likeness (QED) is 0.818. The molecule has 0 aliphatic carbocycles. The molecule has 1 unspecified atom stereocenters. The molecule has 0 bridgehead atoms. The van der Waals surface area contributed by atoms with Gasteiger partial charge in [0.2, 0.25) is 5.91 Å². The molecule has 1 amide bonds. The number of nitrogens with zero attached hydrogens (tertiary/aromatic N) is 1. The first-order valence-electron chi connectivity index (χ1n) is 8.39. The second kappa shape index (κ2) is 8.25. The molecule has 1 aromatic heterocycles. The van der Waals surface area contributed by atoms with Crippen LogP contribution < -0.4 is 14.8 Å². The van der Waals surface area contributed by atoms with Crippen LogP contribution in [0.15, 0.2) is 36.5 Å². The number of pyridine rings is 1. The van der Waals surface area contributed by atoms with E-state index in [-0.39, 0.29) is 12.0 Å². The summed E-state index contributed by atoms with van der Waals surface area (Å²) in [5.74, 6) is 2.52. The van der Waals surface area contributed by atoms with E-state index in [4.69, 9.17) is 9.47 Å². The third-order valence-electron chi connectivity index (χ3n) is 3.78. The standard InChI is InChI=1S/C19H22N2O3S/c1-3-23-18-9-14-8-13(2)24-17(14)10-16(18)21-19(22)12-25-11-15-6-4-5-7-20-15/h4-7,9-10,13H,3,8,11-12H2,1-2H3,(H,21,22). The van der Waals surface area contributed by atoms with E-state index in [1.54, 1.807) is 6.20 Å². The summed E-state index contributed by atoms with van der Waals surface area (Å²) < 4.78 is 11.5. The molecular formula is C19H22N2O3S. The molecular weight excluding hydrogens is 336 g/mol. The number of aromatic nitrogens is 1. The average Bonchev–Trinajstić information content (AvgIpc) is 2.95. The van der Waals surface area contributed by atoms with Crippen LogP contribution in [0.5, 0.6) is 11.5 Å². The number of carbonyl (C=O) groups is 1. The van der Waals surface area contributed by atoms with Gasteiger partial charge in [-0.15, -0.1) is 11.8 Å². The summed E-state index contributed by atoms with van der Waals surface area (Å²) in [4.78, 5) is 16.5. The molecule has 132 valence electrons. The molecule has 2 heterocycles. The molecule has 1 aromatic carbocycles. The van der Waals surface area contributed by atoms with Crippen LogP contribution in [-0.4, -0.2) is 29.4 Å². The molecule has 1 aliphatic rings. The predicted octanol–water partition coefficient (Wildman–Crippen LogP) is 3.68. The van der Waals surface area contributed by atoms with Gasteiger partial charge in [0.15, 0.2) is 0 Å². The first kappa shape index (κ1) is 17.6. The van der Waals surface area contributed by atoms with Crippen molar-refractivity contribution < 1.29 is 14.3 Å². The van der Waals surface area contributed by atoms with Crippen LogP contribution in [0, 0.1) is 0 Å². The minimum Gasteiger partial charge on any atom is -0.492 e. The fourth-order valence-electron chi connectivity index (χ4n) is 2.73. The largest absolute Gasteiger partial charge is 0.492 e. The number of ether oxygens (including phenoxy) is 2. The number of carbonyl (C=O) groups excluding carboxylic acids is 1.